The van der Waals surface area contributed by atoms with Gasteiger partial charge >= 0.3 is 47.5 Å². The molecule has 710 valence electrons. The van der Waals surface area contributed by atoms with E-state index in [-0.39, 0.29) is 83.7 Å². The second kappa shape index (κ2) is 51.9. The Labute approximate surface area is 873 Å². The van der Waals surface area contributed by atoms with Crippen LogP contribution in [0.15, 0.2) is 307 Å². The molecule has 0 aromatic heterocycles. The third-order valence-corrected chi connectivity index (χ3v) is 34.1. The molecule has 10 aromatic carbocycles. The first-order valence-corrected chi connectivity index (χ1v) is 52.5. The maximum absolute atomic E-state index is 12.5. The number of carbonyl (C=O) groups excluding carboxylic acids is 7. The number of aliphatic carboxylic acids is 1. The maximum atomic E-state index is 12.5. The van der Waals surface area contributed by atoms with E-state index in [1.165, 1.54) is 156 Å². The minimum Gasteiger partial charge on any atom is -1.00 e. The molecule has 0 radical (unpaired) electrons. The molecular formula is C116H121Br5NaO14P. The number of fused-ring (bicyclic) bond motifs is 10. The van der Waals surface area contributed by atoms with E-state index in [0.29, 0.717) is 35.0 Å². The molecule has 14 nitrogen and oxygen atoms in total. The first-order chi connectivity index (χ1) is 65.6. The van der Waals surface area contributed by atoms with E-state index in [2.05, 4.69) is 262 Å². The van der Waals surface area contributed by atoms with Gasteiger partial charge in [-0.05, 0) is 345 Å². The predicted octanol–water partition coefficient (Wildman–Crippen LogP) is 23.9. The largest absolute Gasteiger partial charge is 1.00 e. The van der Waals surface area contributed by atoms with E-state index in [1.54, 1.807) is 32.4 Å². The van der Waals surface area contributed by atoms with Crippen molar-refractivity contribution < 1.29 is 98.1 Å². The number of ether oxygens (including phenoxy) is 5. The zero-order chi connectivity index (χ0) is 97.0. The molecule has 20 rings (SSSR count). The number of allylic oxidation sites excluding steroid dienone is 6. The molecule has 1 N–H and O–H groups in total. The molecule has 3 saturated carbocycles. The van der Waals surface area contributed by atoms with E-state index in [0.717, 1.165) is 160 Å². The van der Waals surface area contributed by atoms with Crippen molar-refractivity contribution in [3.63, 3.8) is 0 Å². The van der Waals surface area contributed by atoms with Gasteiger partial charge in [0.15, 0.2) is 17.3 Å². The number of aryl methyl sites for hydroxylation is 6. The first kappa shape index (κ1) is 108. The van der Waals surface area contributed by atoms with E-state index >= 15 is 0 Å². The number of halogens is 5. The van der Waals surface area contributed by atoms with Crippen LogP contribution in [0.1, 0.15) is 231 Å². The Bertz CT molecular complexity index is 6030. The Morgan fingerprint density at radius 3 is 1.20 bits per heavy atom. The summed E-state index contributed by atoms with van der Waals surface area (Å²) >= 11 is 17.5. The second-order valence-electron chi connectivity index (χ2n) is 36.1. The second-order valence-corrected chi connectivity index (χ2v) is 43.9. The van der Waals surface area contributed by atoms with Crippen LogP contribution >= 0.6 is 86.5 Å². The van der Waals surface area contributed by atoms with Gasteiger partial charge < -0.3 is 30.2 Å². The summed E-state index contributed by atoms with van der Waals surface area (Å²) < 4.78 is 31.3. The molecule has 0 amide bonds. The topological polar surface area (TPSA) is 203 Å². The maximum Gasteiger partial charge on any atom is 1.00 e. The summed E-state index contributed by atoms with van der Waals surface area (Å²) in [4.78, 5) is 87.8. The molecule has 0 aliphatic heterocycles. The van der Waals surface area contributed by atoms with Gasteiger partial charge in [0, 0.05) is 91.2 Å². The third kappa shape index (κ3) is 28.7. The van der Waals surface area contributed by atoms with Crippen LogP contribution in [-0.4, -0.2) is 86.5 Å². The summed E-state index contributed by atoms with van der Waals surface area (Å²) in [6.45, 7) is 4.15. The Morgan fingerprint density at radius 2 is 0.781 bits per heavy atom. The van der Waals surface area contributed by atoms with Crippen molar-refractivity contribution in [2.45, 2.75) is 209 Å². The Morgan fingerprint density at radius 1 is 0.416 bits per heavy atom. The Hall–Kier alpha value is -9.08. The summed E-state index contributed by atoms with van der Waals surface area (Å²) in [5, 5.41) is 11.3. The smallest absolute Gasteiger partial charge is 1.00 e. The fraction of sp³-hybridized carbons (Fsp3) is 0.319. The van der Waals surface area contributed by atoms with Gasteiger partial charge in [-0.15, -0.1) is 0 Å². The first-order valence-electron chi connectivity index (χ1n) is 46.7. The molecule has 21 heteroatoms. The number of hydrogen-bond acceptors (Lipinski definition) is 13. The van der Waals surface area contributed by atoms with Crippen molar-refractivity contribution in [1.82, 2.24) is 0 Å². The van der Waals surface area contributed by atoms with Crippen molar-refractivity contribution in [2.75, 3.05) is 28.4 Å². The van der Waals surface area contributed by atoms with E-state index in [4.69, 9.17) is 33.6 Å². The average molecular weight is 2190 g/mol. The van der Waals surface area contributed by atoms with Crippen molar-refractivity contribution in [3.05, 3.63) is 385 Å². The minimum absolute atomic E-state index is 0. The SMILES string of the molecule is C=CC(C)=O.CC(=O)O.COC(=O)C=C1CCC2(CC1)CCc1cc(Br)ccc12.COC(=O)C=C1CCC2(CC1)CCc1cc(C(=O)OCc3ccccc3)ccc12.COC=C1CCc2cc(Br)ccc21.COC=P(c1ccccc1)(c1ccccc1)c1ccccc1.O=C1C=CC2(CC1)CCc1cc(Br)ccc12.O=C1CCC2(CC1)CCc1cc(Br)ccc12.O=C1CCc2cc(Br)ccc21.[H-].[Na+]. The number of benzene rings is 10. The molecule has 137 heavy (non-hydrogen) atoms. The number of Topliss-reactive ketones (excluding diaryl/α,β-unsaturated/α-hetero) is 2. The van der Waals surface area contributed by atoms with Crippen LogP contribution in [0.2, 0.25) is 0 Å². The van der Waals surface area contributed by atoms with Crippen LogP contribution in [0.5, 0.6) is 0 Å². The number of esters is 3. The van der Waals surface area contributed by atoms with Crippen molar-refractivity contribution in [1.29, 1.82) is 0 Å². The van der Waals surface area contributed by atoms with Crippen molar-refractivity contribution >= 4 is 161 Å². The van der Waals surface area contributed by atoms with Crippen molar-refractivity contribution in [2.24, 2.45) is 0 Å². The molecule has 0 heterocycles. The number of carboxylic acid groups (broad SMARTS) is 1. The van der Waals surface area contributed by atoms with Gasteiger partial charge in [0.05, 0.1) is 33.2 Å². The number of carbonyl (C=O) groups is 8. The quantitative estimate of drug-likeness (QED) is 0.0320. The molecule has 10 aromatic rings. The number of hydrogen-bond donors (Lipinski definition) is 1. The summed E-state index contributed by atoms with van der Waals surface area (Å²) in [7, 11) is 6.29. The fourth-order valence-electron chi connectivity index (χ4n) is 20.7. The van der Waals surface area contributed by atoms with Gasteiger partial charge in [-0.1, -0.05) is 261 Å². The molecule has 3 fully saturated rings. The summed E-state index contributed by atoms with van der Waals surface area (Å²) in [5.74, 6) is 1.48. The molecule has 10 aliphatic carbocycles. The minimum atomic E-state index is -1.90. The summed E-state index contributed by atoms with van der Waals surface area (Å²) in [6.07, 6.45) is 37.1. The standard InChI is InChI=1S/C25H26O4.C20H19OP.C17H19BrO2.C14H15BrO.C14H13BrO.C11H11BrO.C9H7BrO.C4H6O.C2H4O2.Na.H/c1-28-23(26)15-18-9-12-25(13-10-18)14-11-20-16-21(7-8-22(20)25)24(27)29-17-19-5-3-2-4-6-19;1-21-17-22(18-11-5-2-6-12-18,19-13-7-3-8-14-19)20-15-9-4-10-16-20;1-20-16(19)10-12-4-7-17(8-5-12)9-6-13-11-14(18)2-3-15(13)17;2*15-11-1-2-13-10(9-11)3-6-14(13)7-4-12(16)5-8-14;1-13-7-9-3-2-8-6-10(12)4-5-11(8)9;10-7-2-3-8-6(5-7)1-4-9(8)11;1-3-4(2)5;1-2(3)4;;/h2-8,15-16H,9-14,17H2,1H3;2-17H,1H3;2-3,10-11H,4-9H2,1H3;1-2,9H,3-8H2;1-2,4,7,9H,3,5-6,8H2;4-7H,2-3H2,1H3;2-3,5H,1,4H2;3H,1H2,2H3;1H3,(H,3,4);;/q;;;;;;;;;+1;-1. The van der Waals surface area contributed by atoms with Gasteiger partial charge in [0.2, 0.25) is 0 Å². The van der Waals surface area contributed by atoms with Gasteiger partial charge in [-0.3, -0.25) is 24.0 Å². The van der Waals surface area contributed by atoms with Crippen LogP contribution in [0.3, 0.4) is 0 Å². The average Bonchev–Trinajstić information content (AvgIpc) is 1.71. The van der Waals surface area contributed by atoms with Gasteiger partial charge in [-0.2, -0.15) is 0 Å². The zero-order valence-corrected chi connectivity index (χ0v) is 90.2. The molecule has 4 spiro atoms. The monoisotopic (exact) mass is 2190 g/mol. The van der Waals surface area contributed by atoms with Crippen molar-refractivity contribution in [3.8, 4) is 0 Å². The molecule has 0 bridgehead atoms. The number of rotatable bonds is 11. The summed E-state index contributed by atoms with van der Waals surface area (Å²) in [6, 6.07) is 79.9. The predicted molar refractivity (Wildman–Crippen MR) is 566 cm³/mol. The number of ketones is 4. The van der Waals surface area contributed by atoms with Gasteiger partial charge in [0.1, 0.15) is 12.4 Å². The van der Waals surface area contributed by atoms with E-state index in [1.807, 2.05) is 72.9 Å². The molecular weight excluding hydrogens is 2070 g/mol. The van der Waals surface area contributed by atoms with Crippen LogP contribution in [0.4, 0.5) is 0 Å². The fourth-order valence-corrected chi connectivity index (χ4v) is 26.2. The normalized spacial score (nSPS) is 18.8. The van der Waals surface area contributed by atoms with Crippen LogP contribution < -0.4 is 45.5 Å². The molecule has 10 aliphatic rings. The van der Waals surface area contributed by atoms with Gasteiger partial charge in [-0.25, -0.2) is 14.4 Å². The van der Waals surface area contributed by atoms with Crippen LogP contribution in [0.25, 0.3) is 5.57 Å². The zero-order valence-electron chi connectivity index (χ0n) is 80.4. The molecule has 1 atom stereocenters. The molecule has 1 unspecified atom stereocenters. The van der Waals surface area contributed by atoms with Gasteiger partial charge in [0.25, 0.3) is 5.97 Å². The third-order valence-electron chi connectivity index (χ3n) is 27.7. The summed E-state index contributed by atoms with van der Waals surface area (Å²) in [5.41, 5.74) is 22.8. The Kier molecular flexibility index (Phi) is 41.0. The molecule has 0 saturated heterocycles. The van der Waals surface area contributed by atoms with E-state index in [9.17, 15) is 33.6 Å². The van der Waals surface area contributed by atoms with E-state index < -0.39 is 12.9 Å². The van der Waals surface area contributed by atoms with Crippen LogP contribution in [0, 0.1) is 0 Å². The number of carboxylic acids is 1. The number of methoxy groups -OCH3 is 4. The Balaban J connectivity index is 0.000000166. The van der Waals surface area contributed by atoms with Crippen LogP contribution in [-0.2, 0) is 119 Å².